The zero-order valence-corrected chi connectivity index (χ0v) is 10.7. The molecule has 0 aromatic carbocycles. The van der Waals surface area contributed by atoms with E-state index < -0.39 is 9.84 Å². The van der Waals surface area contributed by atoms with Crippen molar-refractivity contribution in [2.45, 2.75) is 6.42 Å². The van der Waals surface area contributed by atoms with E-state index in [1.165, 1.54) is 6.33 Å². The quantitative estimate of drug-likeness (QED) is 0.744. The molecule has 2 N–H and O–H groups in total. The van der Waals surface area contributed by atoms with E-state index in [1.54, 1.807) is 0 Å². The maximum atomic E-state index is 11.5. The SMILES string of the molecule is Nc1c(Cl)ncnc1N1CCCS(=O)(=O)CC1. The van der Waals surface area contributed by atoms with Crippen molar-refractivity contribution in [3.05, 3.63) is 11.5 Å². The van der Waals surface area contributed by atoms with Gasteiger partial charge >= 0.3 is 0 Å². The van der Waals surface area contributed by atoms with E-state index in [9.17, 15) is 8.42 Å². The van der Waals surface area contributed by atoms with E-state index in [0.717, 1.165) is 0 Å². The van der Waals surface area contributed by atoms with Crippen LogP contribution in [-0.2, 0) is 9.84 Å². The molecule has 2 rings (SSSR count). The van der Waals surface area contributed by atoms with Gasteiger partial charge in [-0.2, -0.15) is 0 Å². The molecule has 1 aromatic rings. The number of nitrogens with two attached hydrogens (primary N) is 1. The average molecular weight is 277 g/mol. The molecule has 0 atom stereocenters. The first-order chi connectivity index (χ1) is 7.99. The van der Waals surface area contributed by atoms with Gasteiger partial charge in [-0.1, -0.05) is 11.6 Å². The Labute approximate surface area is 105 Å². The lowest BCUT2D eigenvalue weighted by molar-refractivity contribution is 0.597. The molecule has 1 aliphatic rings. The summed E-state index contributed by atoms with van der Waals surface area (Å²) in [6.45, 7) is 0.997. The molecule has 0 saturated carbocycles. The summed E-state index contributed by atoms with van der Waals surface area (Å²) in [5.74, 6) is 0.845. The number of anilines is 2. The summed E-state index contributed by atoms with van der Waals surface area (Å²) >= 11 is 5.81. The summed E-state index contributed by atoms with van der Waals surface area (Å²) in [4.78, 5) is 9.67. The molecule has 94 valence electrons. The average Bonchev–Trinajstić information content (AvgIpc) is 2.44. The normalized spacial score (nSPS) is 19.9. The van der Waals surface area contributed by atoms with Crippen LogP contribution in [0.4, 0.5) is 11.5 Å². The van der Waals surface area contributed by atoms with Crippen molar-refractivity contribution in [1.82, 2.24) is 9.97 Å². The largest absolute Gasteiger partial charge is 0.393 e. The molecule has 0 radical (unpaired) electrons. The molecule has 17 heavy (non-hydrogen) atoms. The molecule has 0 amide bonds. The van der Waals surface area contributed by atoms with Crippen molar-refractivity contribution in [3.63, 3.8) is 0 Å². The van der Waals surface area contributed by atoms with E-state index in [4.69, 9.17) is 17.3 Å². The first kappa shape index (κ1) is 12.4. The topological polar surface area (TPSA) is 89.2 Å². The Hall–Kier alpha value is -1.08. The Morgan fingerprint density at radius 2 is 2.06 bits per heavy atom. The van der Waals surface area contributed by atoms with E-state index in [0.29, 0.717) is 31.0 Å². The predicted octanol–water partition coefficient (Wildman–Crippen LogP) is 0.337. The number of rotatable bonds is 1. The van der Waals surface area contributed by atoms with Gasteiger partial charge in [0.25, 0.3) is 0 Å². The highest BCUT2D eigenvalue weighted by Crippen LogP contribution is 2.26. The minimum atomic E-state index is -2.94. The van der Waals surface area contributed by atoms with Gasteiger partial charge in [0.05, 0.1) is 11.5 Å². The number of nitrogens with zero attached hydrogens (tertiary/aromatic N) is 3. The van der Waals surface area contributed by atoms with Gasteiger partial charge in [-0.05, 0) is 6.42 Å². The van der Waals surface area contributed by atoms with Crippen LogP contribution in [0.3, 0.4) is 0 Å². The molecule has 1 saturated heterocycles. The van der Waals surface area contributed by atoms with Crippen molar-refractivity contribution in [2.75, 3.05) is 35.2 Å². The molecule has 2 heterocycles. The lowest BCUT2D eigenvalue weighted by Crippen LogP contribution is -2.28. The van der Waals surface area contributed by atoms with Crippen molar-refractivity contribution in [2.24, 2.45) is 0 Å². The first-order valence-electron chi connectivity index (χ1n) is 5.21. The number of hydrogen-bond acceptors (Lipinski definition) is 6. The second kappa shape index (κ2) is 4.66. The fourth-order valence-corrected chi connectivity index (χ4v) is 3.17. The molecular formula is C9H13ClN4O2S. The first-order valence-corrected chi connectivity index (χ1v) is 7.41. The van der Waals surface area contributed by atoms with Crippen molar-refractivity contribution < 1.29 is 8.42 Å². The van der Waals surface area contributed by atoms with Crippen LogP contribution < -0.4 is 10.6 Å². The fourth-order valence-electron chi connectivity index (χ4n) is 1.77. The van der Waals surface area contributed by atoms with Gasteiger partial charge in [-0.25, -0.2) is 18.4 Å². The second-order valence-electron chi connectivity index (χ2n) is 3.89. The van der Waals surface area contributed by atoms with Gasteiger partial charge in [0.1, 0.15) is 12.0 Å². The zero-order valence-electron chi connectivity index (χ0n) is 9.13. The molecule has 0 spiro atoms. The van der Waals surface area contributed by atoms with Gasteiger partial charge in [0.15, 0.2) is 20.8 Å². The number of nitrogen functional groups attached to an aromatic ring is 1. The smallest absolute Gasteiger partial charge is 0.157 e. The fraction of sp³-hybridized carbons (Fsp3) is 0.556. The van der Waals surface area contributed by atoms with Crippen molar-refractivity contribution in [1.29, 1.82) is 0 Å². The van der Waals surface area contributed by atoms with Crippen LogP contribution >= 0.6 is 11.6 Å². The standard InChI is InChI=1S/C9H13ClN4O2S/c10-8-7(11)9(13-6-12-8)14-2-1-4-17(15,16)5-3-14/h6H,1-5,11H2. The highest BCUT2D eigenvalue weighted by molar-refractivity contribution is 7.91. The second-order valence-corrected chi connectivity index (χ2v) is 6.56. The van der Waals surface area contributed by atoms with E-state index in [1.807, 2.05) is 4.90 Å². The van der Waals surface area contributed by atoms with Gasteiger partial charge in [-0.3, -0.25) is 0 Å². The van der Waals surface area contributed by atoms with Gasteiger partial charge in [0.2, 0.25) is 0 Å². The maximum Gasteiger partial charge on any atom is 0.157 e. The van der Waals surface area contributed by atoms with E-state index >= 15 is 0 Å². The molecule has 0 unspecified atom stereocenters. The van der Waals surface area contributed by atoms with Crippen molar-refractivity contribution in [3.8, 4) is 0 Å². The summed E-state index contributed by atoms with van der Waals surface area (Å²) in [6.07, 6.45) is 1.90. The van der Waals surface area contributed by atoms with Crippen LogP contribution in [0, 0.1) is 0 Å². The lowest BCUT2D eigenvalue weighted by atomic mass is 10.3. The molecule has 1 fully saturated rings. The monoisotopic (exact) mass is 276 g/mol. The van der Waals surface area contributed by atoms with Crippen molar-refractivity contribution >= 4 is 32.9 Å². The van der Waals surface area contributed by atoms with E-state index in [2.05, 4.69) is 9.97 Å². The minimum Gasteiger partial charge on any atom is -0.393 e. The summed E-state index contributed by atoms with van der Waals surface area (Å²) < 4.78 is 23.0. The van der Waals surface area contributed by atoms with Crippen LogP contribution in [0.5, 0.6) is 0 Å². The van der Waals surface area contributed by atoms with Crippen LogP contribution in [-0.4, -0.2) is 43.0 Å². The molecule has 8 heteroatoms. The lowest BCUT2D eigenvalue weighted by Gasteiger charge is -2.22. The Bertz CT molecular complexity index is 520. The number of aromatic nitrogens is 2. The molecule has 1 aromatic heterocycles. The zero-order chi connectivity index (χ0) is 12.5. The summed E-state index contributed by atoms with van der Waals surface area (Å²) in [6, 6.07) is 0. The third-order valence-corrected chi connectivity index (χ3v) is 4.69. The summed E-state index contributed by atoms with van der Waals surface area (Å²) in [5.41, 5.74) is 6.08. The molecule has 0 bridgehead atoms. The van der Waals surface area contributed by atoms with Crippen LogP contribution in [0.25, 0.3) is 0 Å². The predicted molar refractivity (Wildman–Crippen MR) is 66.9 cm³/mol. The van der Waals surface area contributed by atoms with Gasteiger partial charge in [0, 0.05) is 13.1 Å². The highest BCUT2D eigenvalue weighted by Gasteiger charge is 2.22. The molecular weight excluding hydrogens is 264 g/mol. The number of sulfone groups is 1. The van der Waals surface area contributed by atoms with Crippen LogP contribution in [0.15, 0.2) is 6.33 Å². The number of hydrogen-bond donors (Lipinski definition) is 1. The summed E-state index contributed by atoms with van der Waals surface area (Å²) in [5, 5.41) is 0.196. The maximum absolute atomic E-state index is 11.5. The minimum absolute atomic E-state index is 0.119. The van der Waals surface area contributed by atoms with Crippen LogP contribution in [0.1, 0.15) is 6.42 Å². The molecule has 1 aliphatic heterocycles. The third kappa shape index (κ3) is 2.78. The molecule has 6 nitrogen and oxygen atoms in total. The van der Waals surface area contributed by atoms with Gasteiger partial charge < -0.3 is 10.6 Å². The Balaban J connectivity index is 2.26. The Kier molecular flexibility index (Phi) is 3.39. The third-order valence-electron chi connectivity index (χ3n) is 2.67. The Morgan fingerprint density at radius 3 is 2.82 bits per heavy atom. The number of halogens is 1. The molecule has 0 aliphatic carbocycles. The van der Waals surface area contributed by atoms with Gasteiger partial charge in [-0.15, -0.1) is 0 Å². The summed E-state index contributed by atoms with van der Waals surface area (Å²) in [7, 11) is -2.94. The van der Waals surface area contributed by atoms with E-state index in [-0.39, 0.29) is 16.7 Å². The van der Waals surface area contributed by atoms with Crippen LogP contribution in [0.2, 0.25) is 5.15 Å². The Morgan fingerprint density at radius 1 is 1.29 bits per heavy atom. The highest BCUT2D eigenvalue weighted by atomic mass is 35.5.